The Morgan fingerprint density at radius 2 is 1.68 bits per heavy atom. The monoisotopic (exact) mass is 298 g/mol. The highest BCUT2D eigenvalue weighted by Gasteiger charge is 2.16. The maximum atomic E-state index is 12.1. The fourth-order valence-corrected chi connectivity index (χ4v) is 2.25. The minimum Gasteiger partial charge on any atom is -0.491 e. The minimum atomic E-state index is -0.0304. The summed E-state index contributed by atoms with van der Waals surface area (Å²) in [4.78, 5) is 12.1. The normalized spacial score (nSPS) is 11.8. The van der Waals surface area contributed by atoms with Gasteiger partial charge in [0.15, 0.2) is 5.78 Å². The van der Waals surface area contributed by atoms with Crippen molar-refractivity contribution in [3.8, 4) is 5.75 Å². The van der Waals surface area contributed by atoms with Crippen LogP contribution in [0.3, 0.4) is 0 Å². The molecule has 0 bridgehead atoms. The van der Waals surface area contributed by atoms with E-state index in [1.54, 1.807) is 19.1 Å². The quantitative estimate of drug-likeness (QED) is 0.630. The molecular formula is C18H20NO3+. The third kappa shape index (κ3) is 3.81. The van der Waals surface area contributed by atoms with Gasteiger partial charge in [-0.15, -0.1) is 0 Å². The van der Waals surface area contributed by atoms with Crippen molar-refractivity contribution in [1.29, 1.82) is 0 Å². The highest BCUT2D eigenvalue weighted by molar-refractivity contribution is 6.25. The van der Waals surface area contributed by atoms with Crippen LogP contribution in [0.4, 0.5) is 0 Å². The summed E-state index contributed by atoms with van der Waals surface area (Å²) < 4.78 is 5.33. The van der Waals surface area contributed by atoms with Gasteiger partial charge in [-0.1, -0.05) is 30.3 Å². The minimum absolute atomic E-state index is 0.0297. The average Bonchev–Trinajstić information content (AvgIpc) is 2.54. The van der Waals surface area contributed by atoms with Crippen LogP contribution in [0.25, 0.3) is 11.3 Å². The van der Waals surface area contributed by atoms with Gasteiger partial charge >= 0.3 is 0 Å². The zero-order chi connectivity index (χ0) is 15.9. The molecule has 4 N–H and O–H groups in total. The van der Waals surface area contributed by atoms with Crippen LogP contribution in [-0.2, 0) is 4.79 Å². The van der Waals surface area contributed by atoms with Crippen molar-refractivity contribution in [2.75, 3.05) is 13.2 Å². The fourth-order valence-electron chi connectivity index (χ4n) is 2.25. The maximum Gasteiger partial charge on any atom is 0.166 e. The molecule has 4 nitrogen and oxygen atoms in total. The number of aliphatic hydroxyl groups excluding tert-OH is 1. The van der Waals surface area contributed by atoms with E-state index in [-0.39, 0.29) is 19.0 Å². The molecule has 114 valence electrons. The molecule has 0 unspecified atom stereocenters. The first-order valence-electron chi connectivity index (χ1n) is 7.10. The van der Waals surface area contributed by atoms with Gasteiger partial charge in [-0.2, -0.15) is 0 Å². The van der Waals surface area contributed by atoms with Gasteiger partial charge in [0.2, 0.25) is 0 Å². The Bertz CT molecular complexity index is 660. The third-order valence-corrected chi connectivity index (χ3v) is 3.28. The number of benzene rings is 2. The molecule has 0 radical (unpaired) electrons. The predicted molar refractivity (Wildman–Crippen MR) is 85.8 cm³/mol. The van der Waals surface area contributed by atoms with E-state index in [4.69, 9.17) is 9.84 Å². The second-order valence-electron chi connectivity index (χ2n) is 4.87. The SMILES string of the molecule is CC(=O)C(=C([NH3+])c1ccccc1)c1ccc(OCCO)cc1. The summed E-state index contributed by atoms with van der Waals surface area (Å²) in [5.41, 5.74) is 7.10. The summed E-state index contributed by atoms with van der Waals surface area (Å²) in [5.74, 6) is 0.629. The van der Waals surface area contributed by atoms with Crippen molar-refractivity contribution in [2.45, 2.75) is 6.92 Å². The molecule has 0 spiro atoms. The number of aliphatic hydroxyl groups is 1. The first-order valence-corrected chi connectivity index (χ1v) is 7.10. The van der Waals surface area contributed by atoms with Crippen LogP contribution in [0.15, 0.2) is 54.6 Å². The van der Waals surface area contributed by atoms with Gasteiger partial charge in [-0.3, -0.25) is 4.79 Å². The number of carbonyl (C=O) groups is 1. The molecule has 0 aromatic heterocycles. The summed E-state index contributed by atoms with van der Waals surface area (Å²) >= 11 is 0. The lowest BCUT2D eigenvalue weighted by atomic mass is 9.97. The number of allylic oxidation sites excluding steroid dienone is 1. The van der Waals surface area contributed by atoms with E-state index >= 15 is 0 Å². The smallest absolute Gasteiger partial charge is 0.166 e. The molecule has 0 saturated heterocycles. The number of Topliss-reactive ketones (excluding diaryl/α,β-unsaturated/α-hetero) is 1. The van der Waals surface area contributed by atoms with Crippen LogP contribution in [-0.4, -0.2) is 24.1 Å². The Balaban J connectivity index is 2.38. The molecule has 2 aromatic carbocycles. The standard InChI is InChI=1S/C18H19NO3/c1-13(21)17(18(19)15-5-3-2-4-6-15)14-7-9-16(10-8-14)22-12-11-20/h2-10,20H,11-12,19H2,1H3/p+1. The van der Waals surface area contributed by atoms with Gasteiger partial charge in [0, 0.05) is 5.56 Å². The zero-order valence-corrected chi connectivity index (χ0v) is 12.6. The highest BCUT2D eigenvalue weighted by Crippen LogP contribution is 2.24. The van der Waals surface area contributed by atoms with E-state index < -0.39 is 0 Å². The van der Waals surface area contributed by atoms with Crippen molar-refractivity contribution in [3.05, 3.63) is 65.7 Å². The number of hydrogen-bond donors (Lipinski definition) is 2. The molecule has 2 rings (SSSR count). The lowest BCUT2D eigenvalue weighted by Gasteiger charge is -2.09. The Kier molecular flexibility index (Phi) is 5.47. The molecular weight excluding hydrogens is 278 g/mol. The number of quaternary nitrogens is 1. The van der Waals surface area contributed by atoms with Crippen molar-refractivity contribution in [2.24, 2.45) is 0 Å². The average molecular weight is 298 g/mol. The molecule has 0 atom stereocenters. The van der Waals surface area contributed by atoms with Crippen LogP contribution in [0, 0.1) is 0 Å². The summed E-state index contributed by atoms with van der Waals surface area (Å²) in [7, 11) is 0. The summed E-state index contributed by atoms with van der Waals surface area (Å²) in [5, 5.41) is 8.76. The molecule has 0 aliphatic rings. The molecule has 0 fully saturated rings. The Morgan fingerprint density at radius 3 is 2.23 bits per heavy atom. The fraction of sp³-hybridized carbons (Fsp3) is 0.167. The van der Waals surface area contributed by atoms with E-state index in [1.165, 1.54) is 0 Å². The van der Waals surface area contributed by atoms with Gasteiger partial charge in [-0.25, -0.2) is 0 Å². The lowest BCUT2D eigenvalue weighted by Crippen LogP contribution is -2.47. The van der Waals surface area contributed by atoms with Crippen LogP contribution in [0.2, 0.25) is 0 Å². The van der Waals surface area contributed by atoms with Crippen LogP contribution >= 0.6 is 0 Å². The van der Waals surface area contributed by atoms with E-state index in [2.05, 4.69) is 5.73 Å². The van der Waals surface area contributed by atoms with Gasteiger partial charge in [-0.05, 0) is 36.8 Å². The third-order valence-electron chi connectivity index (χ3n) is 3.28. The number of ether oxygens (including phenoxy) is 1. The topological polar surface area (TPSA) is 74.2 Å². The molecule has 0 heterocycles. The van der Waals surface area contributed by atoms with E-state index in [0.717, 1.165) is 11.1 Å². The van der Waals surface area contributed by atoms with Crippen molar-refractivity contribution in [3.63, 3.8) is 0 Å². The first-order chi connectivity index (χ1) is 10.6. The second-order valence-corrected chi connectivity index (χ2v) is 4.87. The Hall–Kier alpha value is -2.43. The second kappa shape index (κ2) is 7.54. The molecule has 0 saturated carbocycles. The summed E-state index contributed by atoms with van der Waals surface area (Å²) in [6.45, 7) is 1.76. The predicted octanol–water partition coefficient (Wildman–Crippen LogP) is 1.76. The number of hydrogen-bond acceptors (Lipinski definition) is 3. The van der Waals surface area contributed by atoms with Crippen LogP contribution in [0.1, 0.15) is 18.1 Å². The van der Waals surface area contributed by atoms with Gasteiger partial charge < -0.3 is 15.6 Å². The molecule has 22 heavy (non-hydrogen) atoms. The number of rotatable bonds is 6. The van der Waals surface area contributed by atoms with E-state index in [9.17, 15) is 4.79 Å². The zero-order valence-electron chi connectivity index (χ0n) is 12.6. The van der Waals surface area contributed by atoms with Gasteiger partial charge in [0.05, 0.1) is 12.2 Å². The van der Waals surface area contributed by atoms with Gasteiger partial charge in [0.1, 0.15) is 18.1 Å². The largest absolute Gasteiger partial charge is 0.491 e. The van der Waals surface area contributed by atoms with E-state index in [0.29, 0.717) is 17.0 Å². The first kappa shape index (κ1) is 15.9. The summed E-state index contributed by atoms with van der Waals surface area (Å²) in [6.07, 6.45) is 0. The summed E-state index contributed by atoms with van der Waals surface area (Å²) in [6, 6.07) is 16.9. The Labute approximate surface area is 129 Å². The Morgan fingerprint density at radius 1 is 1.05 bits per heavy atom. The van der Waals surface area contributed by atoms with Crippen molar-refractivity contribution in [1.82, 2.24) is 0 Å². The molecule has 0 amide bonds. The van der Waals surface area contributed by atoms with Crippen molar-refractivity contribution >= 4 is 17.1 Å². The molecule has 4 heteroatoms. The number of carbonyl (C=O) groups excluding carboxylic acids is 1. The van der Waals surface area contributed by atoms with E-state index in [1.807, 2.05) is 42.5 Å². The number of ketones is 1. The highest BCUT2D eigenvalue weighted by atomic mass is 16.5. The molecule has 2 aromatic rings. The van der Waals surface area contributed by atoms with Gasteiger partial charge in [0.25, 0.3) is 0 Å². The van der Waals surface area contributed by atoms with Crippen molar-refractivity contribution < 1.29 is 20.4 Å². The molecule has 0 aliphatic heterocycles. The van der Waals surface area contributed by atoms with Crippen LogP contribution < -0.4 is 10.5 Å². The maximum absolute atomic E-state index is 12.1. The molecule has 0 aliphatic carbocycles. The van der Waals surface area contributed by atoms with Crippen LogP contribution in [0.5, 0.6) is 5.75 Å². The lowest BCUT2D eigenvalue weighted by molar-refractivity contribution is -0.242.